The molecule has 2 amide bonds. The predicted octanol–water partition coefficient (Wildman–Crippen LogP) is 5.95. The second-order valence-electron chi connectivity index (χ2n) is 11.2. The number of halogens is 3. The van der Waals surface area contributed by atoms with E-state index in [1.807, 2.05) is 6.92 Å². The van der Waals surface area contributed by atoms with Crippen LogP contribution in [0.2, 0.25) is 15.1 Å². The first-order valence-corrected chi connectivity index (χ1v) is 16.6. The molecule has 3 N–H and O–H groups in total. The zero-order chi connectivity index (χ0) is 31.8. The Bertz CT molecular complexity index is 1670. The molecule has 1 saturated carbocycles. The highest BCUT2D eigenvalue weighted by atomic mass is 35.5. The lowest BCUT2D eigenvalue weighted by Gasteiger charge is -2.49. The number of hydrogen-bond donors (Lipinski definition) is 3. The molecule has 3 aromatic rings. The number of carbonyl (C=O) groups is 3. The minimum absolute atomic E-state index is 0.0599. The standard InChI is InChI=1S/C31H30Cl3N3O6S/c1-17-2-12-23(13-3-17)44(42,43)37-22-10-6-19(7-11-22)28(37)30(39)36-26(31(40)41)14-18-4-8-21(9-5-18)35-29(38)27-24(33)15-20(32)16-25(27)34/h2-5,8-9,12-13,15-16,19,22,26,28H,6-7,10-11,14H2,1H3,(H,35,38)(H,36,39)(H,40,41). The Morgan fingerprint density at radius 3 is 2.09 bits per heavy atom. The first kappa shape index (κ1) is 32.2. The summed E-state index contributed by atoms with van der Waals surface area (Å²) in [6, 6.07) is 13.1. The number of piperidine rings is 2. The van der Waals surface area contributed by atoms with Gasteiger partial charge in [0.25, 0.3) is 5.91 Å². The number of aliphatic carboxylic acids is 1. The van der Waals surface area contributed by atoms with E-state index in [-0.39, 0.29) is 43.9 Å². The number of anilines is 1. The average molecular weight is 679 g/mol. The van der Waals surface area contributed by atoms with Gasteiger partial charge in [-0.25, -0.2) is 13.2 Å². The molecule has 3 fully saturated rings. The van der Waals surface area contributed by atoms with Crippen molar-refractivity contribution < 1.29 is 27.9 Å². The second-order valence-corrected chi connectivity index (χ2v) is 14.3. The maximum absolute atomic E-state index is 13.7. The van der Waals surface area contributed by atoms with E-state index in [0.29, 0.717) is 36.9 Å². The van der Waals surface area contributed by atoms with E-state index in [4.69, 9.17) is 34.8 Å². The summed E-state index contributed by atoms with van der Waals surface area (Å²) in [7, 11) is -3.99. The van der Waals surface area contributed by atoms with Gasteiger partial charge in [0, 0.05) is 23.2 Å². The van der Waals surface area contributed by atoms with Crippen molar-refractivity contribution in [3.05, 3.63) is 92.4 Å². The number of carboxylic acids is 1. The van der Waals surface area contributed by atoms with E-state index in [0.717, 1.165) is 5.56 Å². The normalized spacial score (nSPS) is 20.6. The molecule has 44 heavy (non-hydrogen) atoms. The van der Waals surface area contributed by atoms with E-state index in [9.17, 15) is 27.9 Å². The fourth-order valence-corrected chi connectivity index (χ4v) is 8.87. The van der Waals surface area contributed by atoms with E-state index < -0.39 is 39.9 Å². The number of sulfonamides is 1. The summed E-state index contributed by atoms with van der Waals surface area (Å²) in [5.41, 5.74) is 1.96. The summed E-state index contributed by atoms with van der Waals surface area (Å²) < 4.78 is 28.8. The van der Waals surface area contributed by atoms with Gasteiger partial charge in [-0.2, -0.15) is 4.31 Å². The van der Waals surface area contributed by atoms with Crippen LogP contribution in [0.15, 0.2) is 65.6 Å². The summed E-state index contributed by atoms with van der Waals surface area (Å²) in [5.74, 6) is -2.63. The molecule has 9 nitrogen and oxygen atoms in total. The van der Waals surface area contributed by atoms with Crippen molar-refractivity contribution in [1.82, 2.24) is 9.62 Å². The number of nitrogens with zero attached hydrogens (tertiary/aromatic N) is 1. The molecule has 2 aliphatic heterocycles. The molecule has 2 heterocycles. The van der Waals surface area contributed by atoms with E-state index in [1.54, 1.807) is 36.4 Å². The topological polar surface area (TPSA) is 133 Å². The van der Waals surface area contributed by atoms with Crippen LogP contribution in [0.3, 0.4) is 0 Å². The van der Waals surface area contributed by atoms with Crippen LogP contribution in [-0.2, 0) is 26.0 Å². The molecule has 6 rings (SSSR count). The molecule has 2 saturated heterocycles. The molecule has 3 aliphatic rings. The summed E-state index contributed by atoms with van der Waals surface area (Å²) in [5, 5.41) is 15.8. The van der Waals surface area contributed by atoms with Gasteiger partial charge in [0.1, 0.15) is 12.1 Å². The molecule has 0 spiro atoms. The van der Waals surface area contributed by atoms with Gasteiger partial charge in [0.05, 0.1) is 20.5 Å². The fourth-order valence-electron chi connectivity index (χ4n) is 5.98. The highest BCUT2D eigenvalue weighted by Crippen LogP contribution is 2.43. The van der Waals surface area contributed by atoms with Gasteiger partial charge >= 0.3 is 5.97 Å². The fraction of sp³-hybridized carbons (Fsp3) is 0.323. The maximum Gasteiger partial charge on any atom is 0.326 e. The molecule has 0 radical (unpaired) electrons. The molecule has 2 bridgehead atoms. The van der Waals surface area contributed by atoms with Gasteiger partial charge in [-0.15, -0.1) is 0 Å². The van der Waals surface area contributed by atoms with Crippen LogP contribution in [0, 0.1) is 12.8 Å². The molecule has 2 unspecified atom stereocenters. The second kappa shape index (κ2) is 13.1. The van der Waals surface area contributed by atoms with Gasteiger partial charge in [0.2, 0.25) is 15.9 Å². The Morgan fingerprint density at radius 2 is 1.52 bits per heavy atom. The van der Waals surface area contributed by atoms with Crippen molar-refractivity contribution in [3.63, 3.8) is 0 Å². The average Bonchev–Trinajstić information content (AvgIpc) is 2.97. The molecule has 13 heteroatoms. The number of carboxylic acid groups (broad SMARTS) is 1. The number of benzene rings is 3. The van der Waals surface area contributed by atoms with Gasteiger partial charge in [-0.3, -0.25) is 9.59 Å². The quantitative estimate of drug-likeness (QED) is 0.256. The molecular formula is C31H30Cl3N3O6S. The SMILES string of the molecule is Cc1ccc(S(=O)(=O)N2C3CCC(CC3)C2C(=O)NC(Cc2ccc(NC(=O)c3c(Cl)cc(Cl)cc3Cl)cc2)C(=O)O)cc1. The zero-order valence-electron chi connectivity index (χ0n) is 23.6. The van der Waals surface area contributed by atoms with E-state index in [1.165, 1.54) is 28.6 Å². The first-order valence-electron chi connectivity index (χ1n) is 14.0. The monoisotopic (exact) mass is 677 g/mol. The Morgan fingerprint density at radius 1 is 0.932 bits per heavy atom. The third-order valence-corrected chi connectivity index (χ3v) is 10.9. The molecule has 0 aromatic heterocycles. The molecule has 1 aliphatic carbocycles. The Balaban J connectivity index is 1.30. The lowest BCUT2D eigenvalue weighted by molar-refractivity contribution is -0.143. The minimum atomic E-state index is -3.99. The lowest BCUT2D eigenvalue weighted by Crippen LogP contribution is -2.63. The third kappa shape index (κ3) is 6.74. The van der Waals surface area contributed by atoms with Crippen molar-refractivity contribution in [2.24, 2.45) is 5.92 Å². The summed E-state index contributed by atoms with van der Waals surface area (Å²) >= 11 is 18.2. The van der Waals surface area contributed by atoms with Crippen molar-refractivity contribution in [2.45, 2.75) is 62.0 Å². The van der Waals surface area contributed by atoms with Gasteiger partial charge in [-0.05, 0) is 80.5 Å². The Kier molecular flexibility index (Phi) is 9.58. The van der Waals surface area contributed by atoms with Crippen molar-refractivity contribution >= 4 is 68.3 Å². The van der Waals surface area contributed by atoms with Gasteiger partial charge in [0.15, 0.2) is 0 Å². The smallest absolute Gasteiger partial charge is 0.326 e. The molecule has 2 atom stereocenters. The lowest BCUT2D eigenvalue weighted by atomic mass is 9.76. The minimum Gasteiger partial charge on any atom is -0.480 e. The van der Waals surface area contributed by atoms with Gasteiger partial charge in [-0.1, -0.05) is 64.6 Å². The number of carbonyl (C=O) groups excluding carboxylic acids is 2. The molecule has 232 valence electrons. The first-order chi connectivity index (χ1) is 20.8. The van der Waals surface area contributed by atoms with Crippen molar-refractivity contribution in [3.8, 4) is 0 Å². The van der Waals surface area contributed by atoms with Crippen LogP contribution in [-0.4, -0.2) is 53.7 Å². The summed E-state index contributed by atoms with van der Waals surface area (Å²) in [6.07, 6.45) is 2.64. The third-order valence-electron chi connectivity index (χ3n) is 8.19. The predicted molar refractivity (Wildman–Crippen MR) is 169 cm³/mol. The van der Waals surface area contributed by atoms with Crippen LogP contribution >= 0.6 is 34.8 Å². The van der Waals surface area contributed by atoms with Crippen molar-refractivity contribution in [1.29, 1.82) is 0 Å². The largest absolute Gasteiger partial charge is 0.480 e. The highest BCUT2D eigenvalue weighted by Gasteiger charge is 2.51. The number of amides is 2. The van der Waals surface area contributed by atoms with Crippen LogP contribution in [0.4, 0.5) is 5.69 Å². The van der Waals surface area contributed by atoms with Gasteiger partial charge < -0.3 is 15.7 Å². The highest BCUT2D eigenvalue weighted by molar-refractivity contribution is 7.89. The summed E-state index contributed by atoms with van der Waals surface area (Å²) in [6.45, 7) is 1.86. The number of rotatable bonds is 9. The van der Waals surface area contributed by atoms with Crippen LogP contribution in [0.25, 0.3) is 0 Å². The van der Waals surface area contributed by atoms with E-state index >= 15 is 0 Å². The molecule has 3 aromatic carbocycles. The summed E-state index contributed by atoms with van der Waals surface area (Å²) in [4.78, 5) is 38.8. The number of hydrogen-bond acceptors (Lipinski definition) is 5. The molecular weight excluding hydrogens is 649 g/mol. The maximum atomic E-state index is 13.7. The number of fused-ring (bicyclic) bond motifs is 3. The number of aryl methyl sites for hydroxylation is 1. The van der Waals surface area contributed by atoms with Crippen molar-refractivity contribution in [2.75, 3.05) is 5.32 Å². The van der Waals surface area contributed by atoms with Crippen LogP contribution in [0.1, 0.15) is 47.2 Å². The Labute approximate surface area is 270 Å². The Hall–Kier alpha value is -3.15. The van der Waals surface area contributed by atoms with E-state index in [2.05, 4.69) is 10.6 Å². The zero-order valence-corrected chi connectivity index (χ0v) is 26.7. The van der Waals surface area contributed by atoms with Crippen LogP contribution < -0.4 is 10.6 Å². The number of nitrogens with one attached hydrogen (secondary N) is 2. The van der Waals surface area contributed by atoms with Crippen LogP contribution in [0.5, 0.6) is 0 Å².